The first-order chi connectivity index (χ1) is 13.7. The maximum absolute atomic E-state index is 12.6. The monoisotopic (exact) mass is 407 g/mol. The van der Waals surface area contributed by atoms with Crippen molar-refractivity contribution in [2.45, 2.75) is 45.2 Å². The predicted molar refractivity (Wildman–Crippen MR) is 109 cm³/mol. The average molecular weight is 407 g/mol. The number of carbonyl (C=O) groups is 3. The molecule has 0 unspecified atom stereocenters. The number of hydrogen-bond acceptors (Lipinski definition) is 5. The second kappa shape index (κ2) is 12.2. The van der Waals surface area contributed by atoms with Crippen molar-refractivity contribution in [1.82, 2.24) is 10.6 Å². The number of nitrogens with one attached hydrogen (secondary N) is 2. The standard InChI is InChI=1S/C19H29N5O5/c1-12(2)11-15(18(27)28)24-17(26)14(6-3-9-22-19(20)21)23-16(25)8-7-13-5-4-10-29-13/h4-5,7-8,10,12,14-15H,3,6,9,11H2,1-2H3,(H,23,25)(H,24,26)(H,27,28)(H4,20,21,22)/b8-7+/t14-,15-/m1/s1. The minimum atomic E-state index is -1.13. The second-order valence-electron chi connectivity index (χ2n) is 6.89. The summed E-state index contributed by atoms with van der Waals surface area (Å²) in [5, 5.41) is 14.4. The Hall–Kier alpha value is -3.30. The Morgan fingerprint density at radius 1 is 1.24 bits per heavy atom. The Kier molecular flexibility index (Phi) is 10.00. The number of rotatable bonds is 12. The molecule has 10 nitrogen and oxygen atoms in total. The zero-order valence-corrected chi connectivity index (χ0v) is 16.6. The number of aliphatic carboxylic acids is 1. The SMILES string of the molecule is CC(C)C[C@@H](NC(=O)[C@@H](CCCN=C(N)N)NC(=O)/C=C/c1ccco1)C(=O)O. The van der Waals surface area contributed by atoms with Crippen molar-refractivity contribution in [3.63, 3.8) is 0 Å². The molecule has 0 spiro atoms. The van der Waals surface area contributed by atoms with Gasteiger partial charge in [-0.2, -0.15) is 0 Å². The average Bonchev–Trinajstić information content (AvgIpc) is 3.14. The van der Waals surface area contributed by atoms with Crippen LogP contribution in [-0.2, 0) is 14.4 Å². The van der Waals surface area contributed by atoms with Gasteiger partial charge in [0.1, 0.15) is 17.8 Å². The number of carboxylic acids is 1. The van der Waals surface area contributed by atoms with Gasteiger partial charge in [0.05, 0.1) is 6.26 Å². The Bertz CT molecular complexity index is 723. The van der Waals surface area contributed by atoms with Gasteiger partial charge in [-0.3, -0.25) is 14.6 Å². The lowest BCUT2D eigenvalue weighted by Gasteiger charge is -2.22. The van der Waals surface area contributed by atoms with Crippen molar-refractivity contribution in [2.75, 3.05) is 6.54 Å². The van der Waals surface area contributed by atoms with Crippen LogP contribution in [0.3, 0.4) is 0 Å². The van der Waals surface area contributed by atoms with Gasteiger partial charge in [-0.25, -0.2) is 4.79 Å². The number of amides is 2. The molecule has 0 aromatic carbocycles. The summed E-state index contributed by atoms with van der Waals surface area (Å²) in [6.45, 7) is 3.99. The van der Waals surface area contributed by atoms with Crippen LogP contribution in [0, 0.1) is 5.92 Å². The number of guanidine groups is 1. The number of aliphatic imine (C=N–C) groups is 1. The van der Waals surface area contributed by atoms with Crippen LogP contribution >= 0.6 is 0 Å². The normalized spacial score (nSPS) is 13.1. The van der Waals surface area contributed by atoms with E-state index >= 15 is 0 Å². The molecule has 160 valence electrons. The highest BCUT2D eigenvalue weighted by Gasteiger charge is 2.26. The van der Waals surface area contributed by atoms with Gasteiger partial charge >= 0.3 is 5.97 Å². The number of nitrogens with zero attached hydrogens (tertiary/aromatic N) is 1. The fraction of sp³-hybridized carbons (Fsp3) is 0.474. The highest BCUT2D eigenvalue weighted by molar-refractivity contribution is 5.96. The van der Waals surface area contributed by atoms with Gasteiger partial charge in [0, 0.05) is 12.6 Å². The van der Waals surface area contributed by atoms with Crippen LogP contribution in [0.2, 0.25) is 0 Å². The Morgan fingerprint density at radius 3 is 2.52 bits per heavy atom. The third-order valence-corrected chi connectivity index (χ3v) is 3.84. The fourth-order valence-electron chi connectivity index (χ4n) is 2.50. The van der Waals surface area contributed by atoms with Gasteiger partial charge in [0.25, 0.3) is 0 Å². The molecule has 0 saturated heterocycles. The molecule has 29 heavy (non-hydrogen) atoms. The van der Waals surface area contributed by atoms with Gasteiger partial charge in [-0.05, 0) is 43.4 Å². The molecule has 2 atom stereocenters. The van der Waals surface area contributed by atoms with E-state index in [0.717, 1.165) is 0 Å². The van der Waals surface area contributed by atoms with E-state index in [1.807, 2.05) is 13.8 Å². The molecule has 0 aliphatic heterocycles. The number of nitrogens with two attached hydrogens (primary N) is 2. The van der Waals surface area contributed by atoms with E-state index in [2.05, 4.69) is 15.6 Å². The third kappa shape index (κ3) is 9.99. The lowest BCUT2D eigenvalue weighted by Crippen LogP contribution is -2.51. The van der Waals surface area contributed by atoms with Crippen molar-refractivity contribution in [2.24, 2.45) is 22.4 Å². The van der Waals surface area contributed by atoms with Crippen LogP contribution in [0.5, 0.6) is 0 Å². The first-order valence-electron chi connectivity index (χ1n) is 9.29. The van der Waals surface area contributed by atoms with Crippen molar-refractivity contribution in [1.29, 1.82) is 0 Å². The molecular weight excluding hydrogens is 378 g/mol. The number of furan rings is 1. The molecule has 2 amide bonds. The van der Waals surface area contributed by atoms with E-state index in [1.165, 1.54) is 18.4 Å². The van der Waals surface area contributed by atoms with Crippen LogP contribution in [-0.4, -0.2) is 47.5 Å². The Labute approximate surface area is 169 Å². The maximum Gasteiger partial charge on any atom is 0.326 e. The number of hydrogen-bond donors (Lipinski definition) is 5. The summed E-state index contributed by atoms with van der Waals surface area (Å²) in [5.74, 6) is -1.74. The van der Waals surface area contributed by atoms with Crippen LogP contribution in [0.15, 0.2) is 33.9 Å². The van der Waals surface area contributed by atoms with Crippen LogP contribution in [0.1, 0.15) is 38.9 Å². The molecule has 1 rings (SSSR count). The summed E-state index contributed by atoms with van der Waals surface area (Å²) in [7, 11) is 0. The summed E-state index contributed by atoms with van der Waals surface area (Å²) < 4.78 is 5.10. The zero-order chi connectivity index (χ0) is 21.8. The van der Waals surface area contributed by atoms with Gasteiger partial charge in [-0.1, -0.05) is 13.8 Å². The van der Waals surface area contributed by atoms with Crippen LogP contribution in [0.4, 0.5) is 0 Å². The summed E-state index contributed by atoms with van der Waals surface area (Å²) in [4.78, 5) is 40.1. The predicted octanol–water partition coefficient (Wildman–Crippen LogP) is 0.447. The summed E-state index contributed by atoms with van der Waals surface area (Å²) in [5.41, 5.74) is 10.6. The van der Waals surface area contributed by atoms with E-state index in [4.69, 9.17) is 15.9 Å². The lowest BCUT2D eigenvalue weighted by atomic mass is 10.0. The molecule has 0 radical (unpaired) electrons. The fourth-order valence-corrected chi connectivity index (χ4v) is 2.50. The largest absolute Gasteiger partial charge is 0.480 e. The van der Waals surface area contributed by atoms with E-state index < -0.39 is 29.9 Å². The van der Waals surface area contributed by atoms with E-state index in [-0.39, 0.29) is 31.3 Å². The molecule has 0 bridgehead atoms. The first-order valence-corrected chi connectivity index (χ1v) is 9.29. The van der Waals surface area contributed by atoms with E-state index in [1.54, 1.807) is 12.1 Å². The van der Waals surface area contributed by atoms with Gasteiger partial charge < -0.3 is 31.6 Å². The Balaban J connectivity index is 2.79. The lowest BCUT2D eigenvalue weighted by molar-refractivity contribution is -0.142. The first kappa shape index (κ1) is 23.7. The van der Waals surface area contributed by atoms with Crippen LogP contribution < -0.4 is 22.1 Å². The van der Waals surface area contributed by atoms with Gasteiger partial charge in [-0.15, -0.1) is 0 Å². The van der Waals surface area contributed by atoms with Crippen molar-refractivity contribution < 1.29 is 23.9 Å². The van der Waals surface area contributed by atoms with Crippen molar-refractivity contribution in [3.05, 3.63) is 30.2 Å². The van der Waals surface area contributed by atoms with Gasteiger partial charge in [0.2, 0.25) is 11.8 Å². The molecule has 1 aromatic heterocycles. The second-order valence-corrected chi connectivity index (χ2v) is 6.89. The van der Waals surface area contributed by atoms with E-state index in [0.29, 0.717) is 12.2 Å². The molecule has 0 aliphatic carbocycles. The molecule has 7 N–H and O–H groups in total. The molecule has 10 heteroatoms. The highest BCUT2D eigenvalue weighted by Crippen LogP contribution is 2.07. The summed E-state index contributed by atoms with van der Waals surface area (Å²) in [6.07, 6.45) is 5.09. The molecule has 0 fully saturated rings. The highest BCUT2D eigenvalue weighted by atomic mass is 16.4. The molecule has 0 saturated carbocycles. The topological polar surface area (TPSA) is 173 Å². The zero-order valence-electron chi connectivity index (χ0n) is 16.6. The third-order valence-electron chi connectivity index (χ3n) is 3.84. The summed E-state index contributed by atoms with van der Waals surface area (Å²) in [6, 6.07) is 1.37. The smallest absolute Gasteiger partial charge is 0.326 e. The summed E-state index contributed by atoms with van der Waals surface area (Å²) >= 11 is 0. The molecule has 1 heterocycles. The quantitative estimate of drug-likeness (QED) is 0.145. The molecule has 0 aliphatic rings. The van der Waals surface area contributed by atoms with Crippen molar-refractivity contribution >= 4 is 29.8 Å². The maximum atomic E-state index is 12.6. The minimum Gasteiger partial charge on any atom is -0.480 e. The van der Waals surface area contributed by atoms with Crippen molar-refractivity contribution in [3.8, 4) is 0 Å². The molecule has 1 aromatic rings. The Morgan fingerprint density at radius 2 is 1.97 bits per heavy atom. The number of carboxylic acid groups (broad SMARTS) is 1. The van der Waals surface area contributed by atoms with E-state index in [9.17, 15) is 19.5 Å². The van der Waals surface area contributed by atoms with Gasteiger partial charge in [0.15, 0.2) is 5.96 Å². The molecular formula is C19H29N5O5. The minimum absolute atomic E-state index is 0.0701. The number of carbonyl (C=O) groups excluding carboxylic acids is 2. The van der Waals surface area contributed by atoms with Crippen LogP contribution in [0.25, 0.3) is 6.08 Å².